The lowest BCUT2D eigenvalue weighted by Gasteiger charge is -2.08. The van der Waals surface area contributed by atoms with Crippen molar-refractivity contribution in [3.8, 4) is 0 Å². The maximum absolute atomic E-state index is 10.7. The van der Waals surface area contributed by atoms with E-state index in [2.05, 4.69) is 14.0 Å². The molecule has 0 aliphatic carbocycles. The van der Waals surface area contributed by atoms with Crippen LogP contribution in [0.2, 0.25) is 0 Å². The van der Waals surface area contributed by atoms with E-state index in [4.69, 9.17) is 13.0 Å². The van der Waals surface area contributed by atoms with Gasteiger partial charge in [-0.05, 0) is 0 Å². The Kier molecular flexibility index (Phi) is 5.01. The van der Waals surface area contributed by atoms with Gasteiger partial charge in [0.15, 0.2) is 10.1 Å². The van der Waals surface area contributed by atoms with Gasteiger partial charge in [0.2, 0.25) is 0 Å². The van der Waals surface area contributed by atoms with E-state index in [-0.39, 0.29) is 0 Å². The summed E-state index contributed by atoms with van der Waals surface area (Å²) in [6.07, 6.45) is 1.44. The molecule has 2 unspecified atom stereocenters. The highest BCUT2D eigenvalue weighted by molar-refractivity contribution is 7.86. The molecule has 0 saturated carbocycles. The predicted molar refractivity (Wildman–Crippen MR) is 46.2 cm³/mol. The summed E-state index contributed by atoms with van der Waals surface area (Å²) < 4.78 is 58.9. The second kappa shape index (κ2) is 5.13. The van der Waals surface area contributed by atoms with Crippen LogP contribution in [0.25, 0.3) is 0 Å². The van der Waals surface area contributed by atoms with Crippen molar-refractivity contribution in [3.63, 3.8) is 0 Å². The molecule has 0 amide bonds. The molecule has 4 nitrogen and oxygen atoms in total. The monoisotopic (exact) mass is 249 g/mol. The standard InChI is InChI=1S/C6H13N.CHF3O3S/c1-6-3-4-7(2)5-6;2-1(3,4)8(5,6)7/h6H,3-5H2,1-2H3;(H,5,6,7). The average Bonchev–Trinajstić information content (AvgIpc) is 2.31. The summed E-state index contributed by atoms with van der Waals surface area (Å²) in [4.78, 5) is 1.70. The fourth-order valence-corrected chi connectivity index (χ4v) is 1.29. The van der Waals surface area contributed by atoms with E-state index in [1.807, 2.05) is 0 Å². The van der Waals surface area contributed by atoms with Gasteiger partial charge in [-0.3, -0.25) is 0 Å². The Morgan fingerprint density at radius 2 is 1.80 bits per heavy atom. The summed E-state index contributed by atoms with van der Waals surface area (Å²) in [5.41, 5.74) is -5.65. The fraction of sp³-hybridized carbons (Fsp3) is 1.00. The van der Waals surface area contributed by atoms with Crippen molar-refractivity contribution in [3.05, 3.63) is 0 Å². The van der Waals surface area contributed by atoms with Crippen LogP contribution in [-0.4, -0.2) is 38.6 Å². The molecule has 1 aliphatic rings. The Labute approximate surface area is 86.8 Å². The summed E-state index contributed by atoms with van der Waals surface area (Å²) >= 11 is 0. The van der Waals surface area contributed by atoms with Crippen LogP contribution >= 0.6 is 0 Å². The van der Waals surface area contributed by atoms with Crippen molar-refractivity contribution in [2.75, 3.05) is 20.1 Å². The lowest BCUT2D eigenvalue weighted by molar-refractivity contribution is -0.867. The van der Waals surface area contributed by atoms with E-state index < -0.39 is 15.6 Å². The minimum absolute atomic E-state index is 0.986. The maximum atomic E-state index is 10.7. The lowest BCUT2D eigenvalue weighted by atomic mass is 10.2. The second-order valence-corrected chi connectivity index (χ2v) is 5.08. The van der Waals surface area contributed by atoms with Gasteiger partial charge < -0.3 is 9.45 Å². The molecule has 0 aromatic rings. The summed E-state index contributed by atoms with van der Waals surface area (Å²) in [6, 6.07) is 0. The average molecular weight is 249 g/mol. The second-order valence-electron chi connectivity index (χ2n) is 3.70. The van der Waals surface area contributed by atoms with Crippen LogP contribution in [0, 0.1) is 5.92 Å². The highest BCUT2D eigenvalue weighted by Gasteiger charge is 2.36. The number of hydrogen-bond acceptors (Lipinski definition) is 3. The van der Waals surface area contributed by atoms with Crippen molar-refractivity contribution < 1.29 is 31.0 Å². The number of hydrogen-bond donors (Lipinski definition) is 1. The van der Waals surface area contributed by atoms with Gasteiger partial charge in [-0.2, -0.15) is 13.2 Å². The zero-order valence-corrected chi connectivity index (χ0v) is 9.28. The SMILES string of the molecule is CC1CC[NH+](C)C1.O=S(=O)([O-])C(F)(F)F. The highest BCUT2D eigenvalue weighted by Crippen LogP contribution is 2.20. The van der Waals surface area contributed by atoms with Gasteiger partial charge in [0.1, 0.15) is 0 Å². The predicted octanol–water partition coefficient (Wildman–Crippen LogP) is -0.408. The zero-order valence-electron chi connectivity index (χ0n) is 8.47. The summed E-state index contributed by atoms with van der Waals surface area (Å²) in [6.45, 7) is 5.11. The first-order valence-electron chi connectivity index (χ1n) is 4.37. The third-order valence-electron chi connectivity index (χ3n) is 2.04. The highest BCUT2D eigenvalue weighted by atomic mass is 32.2. The van der Waals surface area contributed by atoms with Gasteiger partial charge in [-0.15, -0.1) is 0 Å². The summed E-state index contributed by atoms with van der Waals surface area (Å²) in [5, 5.41) is 0. The Hall–Kier alpha value is -0.340. The maximum Gasteiger partial charge on any atom is 0.485 e. The normalized spacial score (nSPS) is 27.1. The molecule has 15 heavy (non-hydrogen) atoms. The third-order valence-corrected chi connectivity index (χ3v) is 2.61. The van der Waals surface area contributed by atoms with Crippen LogP contribution in [0.1, 0.15) is 13.3 Å². The van der Waals surface area contributed by atoms with E-state index in [1.54, 1.807) is 4.90 Å². The Bertz CT molecular complexity index is 280. The number of halogens is 3. The van der Waals surface area contributed by atoms with Crippen molar-refractivity contribution in [1.82, 2.24) is 0 Å². The zero-order chi connectivity index (χ0) is 12.3. The van der Waals surface area contributed by atoms with E-state index in [0.717, 1.165) is 5.92 Å². The number of rotatable bonds is 0. The van der Waals surface area contributed by atoms with Crippen LogP contribution in [-0.2, 0) is 10.1 Å². The molecule has 0 radical (unpaired) electrons. The first kappa shape index (κ1) is 14.7. The van der Waals surface area contributed by atoms with Crippen molar-refractivity contribution >= 4 is 10.1 Å². The molecule has 0 aromatic heterocycles. The van der Waals surface area contributed by atoms with E-state index in [1.165, 1.54) is 19.5 Å². The van der Waals surface area contributed by atoms with E-state index >= 15 is 0 Å². The molecule has 1 rings (SSSR count). The summed E-state index contributed by atoms with van der Waals surface area (Å²) in [5.74, 6) is 0.986. The van der Waals surface area contributed by atoms with Crippen LogP contribution in [0.4, 0.5) is 13.2 Å². The first-order chi connectivity index (χ1) is 6.54. The molecular weight excluding hydrogens is 235 g/mol. The van der Waals surface area contributed by atoms with Crippen LogP contribution < -0.4 is 4.90 Å². The molecule has 0 spiro atoms. The molecule has 1 saturated heterocycles. The van der Waals surface area contributed by atoms with Gasteiger partial charge in [0, 0.05) is 12.3 Å². The molecule has 1 heterocycles. The lowest BCUT2D eigenvalue weighted by Crippen LogP contribution is -3.07. The molecule has 1 fully saturated rings. The molecule has 92 valence electrons. The first-order valence-corrected chi connectivity index (χ1v) is 5.78. The Morgan fingerprint density at radius 1 is 1.40 bits per heavy atom. The smallest absolute Gasteiger partial charge is 0.485 e. The van der Waals surface area contributed by atoms with Gasteiger partial charge in [0.05, 0.1) is 20.1 Å². The van der Waals surface area contributed by atoms with Crippen molar-refractivity contribution in [1.29, 1.82) is 0 Å². The fourth-order valence-electron chi connectivity index (χ4n) is 1.29. The number of alkyl halides is 3. The van der Waals surface area contributed by atoms with E-state index in [9.17, 15) is 13.2 Å². The topological polar surface area (TPSA) is 61.6 Å². The molecule has 8 heteroatoms. The molecule has 0 aromatic carbocycles. The van der Waals surface area contributed by atoms with Gasteiger partial charge in [0.25, 0.3) is 0 Å². The quantitative estimate of drug-likeness (QED) is 0.469. The molecule has 1 N–H and O–H groups in total. The van der Waals surface area contributed by atoms with Gasteiger partial charge >= 0.3 is 5.51 Å². The number of nitrogens with one attached hydrogen (secondary N) is 1. The van der Waals surface area contributed by atoms with Crippen molar-refractivity contribution in [2.24, 2.45) is 5.92 Å². The number of likely N-dealkylation sites (tertiary alicyclic amines) is 1. The minimum atomic E-state index is -6.09. The number of quaternary nitrogens is 1. The summed E-state index contributed by atoms with van der Waals surface area (Å²) in [7, 11) is -3.82. The van der Waals surface area contributed by atoms with E-state index in [0.29, 0.717) is 0 Å². The van der Waals surface area contributed by atoms with Crippen LogP contribution in [0.15, 0.2) is 0 Å². The molecular formula is C7H14F3NO3S. The van der Waals surface area contributed by atoms with Crippen molar-refractivity contribution in [2.45, 2.75) is 18.9 Å². The largest absolute Gasteiger partial charge is 0.741 e. The van der Waals surface area contributed by atoms with Gasteiger partial charge in [-0.25, -0.2) is 8.42 Å². The molecule has 0 bridgehead atoms. The minimum Gasteiger partial charge on any atom is -0.741 e. The van der Waals surface area contributed by atoms with Gasteiger partial charge in [-0.1, -0.05) is 6.92 Å². The van der Waals surface area contributed by atoms with Crippen LogP contribution in [0.5, 0.6) is 0 Å². The molecule has 1 aliphatic heterocycles. The third kappa shape index (κ3) is 5.95. The molecule has 2 atom stereocenters. The Morgan fingerprint density at radius 3 is 1.87 bits per heavy atom. The Balaban J connectivity index is 0.000000262. The van der Waals surface area contributed by atoms with Crippen LogP contribution in [0.3, 0.4) is 0 Å².